The summed E-state index contributed by atoms with van der Waals surface area (Å²) in [7, 11) is 0. The Morgan fingerprint density at radius 2 is 1.78 bits per heavy atom. The first-order chi connectivity index (χ1) is 15.1. The predicted octanol–water partition coefficient (Wildman–Crippen LogP) is 5.53. The fourth-order valence-electron chi connectivity index (χ4n) is 3.37. The monoisotopic (exact) mass is 448 g/mol. The maximum Gasteiger partial charge on any atom is 0.407 e. The predicted molar refractivity (Wildman–Crippen MR) is 117 cm³/mol. The van der Waals surface area contributed by atoms with Crippen LogP contribution in [-0.2, 0) is 4.74 Å². The molecule has 3 N–H and O–H groups in total. The zero-order chi connectivity index (χ0) is 23.5. The van der Waals surface area contributed by atoms with Crippen LogP contribution in [0.5, 0.6) is 0 Å². The second-order valence-electron chi connectivity index (χ2n) is 8.81. The molecule has 8 heteroatoms. The number of hydrogen-bond donors (Lipinski definition) is 3. The molecule has 1 aliphatic carbocycles. The minimum Gasteiger partial charge on any atom is -0.446 e. The zero-order valence-corrected chi connectivity index (χ0v) is 18.2. The lowest BCUT2D eigenvalue weighted by Crippen LogP contribution is -2.48. The van der Waals surface area contributed by atoms with E-state index in [0.29, 0.717) is 22.6 Å². The van der Waals surface area contributed by atoms with Gasteiger partial charge in [0.1, 0.15) is 23.6 Å². The third-order valence-corrected chi connectivity index (χ3v) is 5.24. The summed E-state index contributed by atoms with van der Waals surface area (Å²) >= 11 is 0. The highest BCUT2D eigenvalue weighted by molar-refractivity contribution is 5.86. The van der Waals surface area contributed by atoms with Crippen molar-refractivity contribution >= 4 is 17.0 Å². The number of H-pyrrole nitrogens is 1. The van der Waals surface area contributed by atoms with Crippen molar-refractivity contribution in [2.75, 3.05) is 6.61 Å². The number of aliphatic hydroxyl groups excluding tert-OH is 1. The second-order valence-corrected chi connectivity index (χ2v) is 8.81. The molecule has 0 radical (unpaired) electrons. The summed E-state index contributed by atoms with van der Waals surface area (Å²) in [5, 5.41) is 12.0. The standard InChI is InChI=1S/C14H8F3N.C10H19NO3/c15-10-3-1-8(2-4-10)13-6-9-5-11(16)7-12(17)14(9)18-13;1-7-4-8(5-7)14-9(13)11-10(2,3)6-12/h1-7,18H;7-8,12H,4-6H2,1-3H3,(H,11,13). The molecule has 1 fully saturated rings. The Labute approximate surface area is 184 Å². The van der Waals surface area contributed by atoms with Crippen LogP contribution >= 0.6 is 0 Å². The molecule has 172 valence electrons. The van der Waals surface area contributed by atoms with Crippen LogP contribution in [0, 0.1) is 23.4 Å². The summed E-state index contributed by atoms with van der Waals surface area (Å²) in [6.45, 7) is 5.54. The first-order valence-electron chi connectivity index (χ1n) is 10.4. The molecule has 2 aromatic carbocycles. The number of aliphatic hydroxyl groups is 1. The Bertz CT molecular complexity index is 1070. The van der Waals surface area contributed by atoms with E-state index >= 15 is 0 Å². The lowest BCUT2D eigenvalue weighted by Gasteiger charge is -2.33. The Hall–Kier alpha value is -3.00. The lowest BCUT2D eigenvalue weighted by molar-refractivity contribution is 0.0173. The number of halogens is 3. The molecule has 0 aliphatic heterocycles. The molecule has 32 heavy (non-hydrogen) atoms. The number of benzene rings is 2. The molecule has 1 amide bonds. The van der Waals surface area contributed by atoms with Crippen molar-refractivity contribution in [3.05, 3.63) is 59.9 Å². The van der Waals surface area contributed by atoms with Crippen molar-refractivity contribution in [3.8, 4) is 11.3 Å². The van der Waals surface area contributed by atoms with Crippen molar-refractivity contribution in [1.82, 2.24) is 10.3 Å². The molecular weight excluding hydrogens is 421 g/mol. The van der Waals surface area contributed by atoms with Crippen LogP contribution in [0.25, 0.3) is 22.2 Å². The molecule has 0 unspecified atom stereocenters. The van der Waals surface area contributed by atoms with Crippen LogP contribution in [0.15, 0.2) is 42.5 Å². The third kappa shape index (κ3) is 6.03. The number of aromatic amines is 1. The molecule has 1 saturated carbocycles. The van der Waals surface area contributed by atoms with Crippen molar-refractivity contribution < 1.29 is 27.8 Å². The minimum atomic E-state index is -0.640. The van der Waals surface area contributed by atoms with Gasteiger partial charge in [0.25, 0.3) is 0 Å². The number of ether oxygens (including phenoxy) is 1. The average Bonchev–Trinajstić information content (AvgIpc) is 3.12. The van der Waals surface area contributed by atoms with Crippen LogP contribution in [0.4, 0.5) is 18.0 Å². The van der Waals surface area contributed by atoms with Crippen LogP contribution in [0.1, 0.15) is 33.6 Å². The van der Waals surface area contributed by atoms with Gasteiger partial charge in [-0.2, -0.15) is 0 Å². The molecule has 3 aromatic rings. The zero-order valence-electron chi connectivity index (χ0n) is 18.2. The molecule has 0 bridgehead atoms. The Balaban J connectivity index is 0.000000188. The molecular formula is C24H27F3N2O3. The molecule has 1 aliphatic rings. The quantitative estimate of drug-likeness (QED) is 0.491. The highest BCUT2D eigenvalue weighted by Gasteiger charge is 2.30. The smallest absolute Gasteiger partial charge is 0.407 e. The SMILES string of the molecule is CC1CC(OC(=O)NC(C)(C)CO)C1.Fc1ccc(-c2cc3cc(F)cc(F)c3[nH]2)cc1. The fourth-order valence-corrected chi connectivity index (χ4v) is 3.37. The molecule has 0 atom stereocenters. The number of carbonyl (C=O) groups excluding carboxylic acids is 1. The van der Waals surface area contributed by atoms with Gasteiger partial charge >= 0.3 is 6.09 Å². The van der Waals surface area contributed by atoms with Gasteiger partial charge in [-0.3, -0.25) is 0 Å². The normalized spacial score (nSPS) is 17.8. The van der Waals surface area contributed by atoms with Crippen LogP contribution in [0.2, 0.25) is 0 Å². The van der Waals surface area contributed by atoms with Crippen LogP contribution in [-0.4, -0.2) is 34.4 Å². The van der Waals surface area contributed by atoms with E-state index in [0.717, 1.165) is 18.9 Å². The van der Waals surface area contributed by atoms with Crippen molar-refractivity contribution in [2.45, 2.75) is 45.3 Å². The maximum atomic E-state index is 13.5. The molecule has 0 spiro atoms. The summed E-state index contributed by atoms with van der Waals surface area (Å²) in [5.41, 5.74) is 0.976. The van der Waals surface area contributed by atoms with Gasteiger partial charge in [-0.05, 0) is 74.6 Å². The van der Waals surface area contributed by atoms with Gasteiger partial charge in [-0.25, -0.2) is 18.0 Å². The second kappa shape index (κ2) is 9.65. The van der Waals surface area contributed by atoms with E-state index in [-0.39, 0.29) is 24.0 Å². The van der Waals surface area contributed by atoms with Crippen LogP contribution < -0.4 is 5.32 Å². The highest BCUT2D eigenvalue weighted by Crippen LogP contribution is 2.29. The Morgan fingerprint density at radius 3 is 2.38 bits per heavy atom. The fraction of sp³-hybridized carbons (Fsp3) is 0.375. The average molecular weight is 448 g/mol. The number of carbonyl (C=O) groups is 1. The number of hydrogen-bond acceptors (Lipinski definition) is 3. The van der Waals surface area contributed by atoms with E-state index < -0.39 is 23.3 Å². The lowest BCUT2D eigenvalue weighted by atomic mass is 9.84. The van der Waals surface area contributed by atoms with Gasteiger partial charge in [0.2, 0.25) is 0 Å². The first kappa shape index (κ1) is 23.7. The molecule has 0 saturated heterocycles. The van der Waals surface area contributed by atoms with Gasteiger partial charge < -0.3 is 20.1 Å². The number of alkyl carbamates (subject to hydrolysis) is 1. The van der Waals surface area contributed by atoms with Crippen LogP contribution in [0.3, 0.4) is 0 Å². The van der Waals surface area contributed by atoms with Crippen molar-refractivity contribution in [3.63, 3.8) is 0 Å². The number of nitrogens with one attached hydrogen (secondary N) is 2. The van der Waals surface area contributed by atoms with E-state index in [1.165, 1.54) is 18.2 Å². The topological polar surface area (TPSA) is 74.3 Å². The summed E-state index contributed by atoms with van der Waals surface area (Å²) in [6.07, 6.45) is 1.54. The Kier molecular flexibility index (Phi) is 7.13. The summed E-state index contributed by atoms with van der Waals surface area (Å²) < 4.78 is 44.5. The van der Waals surface area contributed by atoms with E-state index in [1.807, 2.05) is 0 Å². The molecule has 4 rings (SSSR count). The van der Waals surface area contributed by atoms with E-state index in [4.69, 9.17) is 9.84 Å². The van der Waals surface area contributed by atoms with E-state index in [2.05, 4.69) is 17.2 Å². The van der Waals surface area contributed by atoms with Gasteiger partial charge in [-0.1, -0.05) is 6.92 Å². The number of amides is 1. The minimum absolute atomic E-state index is 0.0690. The highest BCUT2D eigenvalue weighted by atomic mass is 19.1. The molecule has 1 aromatic heterocycles. The number of rotatable bonds is 4. The summed E-state index contributed by atoms with van der Waals surface area (Å²) in [5.74, 6) is -0.936. The summed E-state index contributed by atoms with van der Waals surface area (Å²) in [6, 6.07) is 9.50. The molecule has 1 heterocycles. The van der Waals surface area contributed by atoms with Crippen molar-refractivity contribution in [2.24, 2.45) is 5.92 Å². The van der Waals surface area contributed by atoms with Gasteiger partial charge in [0.05, 0.1) is 17.7 Å². The largest absolute Gasteiger partial charge is 0.446 e. The molecule has 5 nitrogen and oxygen atoms in total. The van der Waals surface area contributed by atoms with Gasteiger partial charge in [0.15, 0.2) is 0 Å². The van der Waals surface area contributed by atoms with Crippen molar-refractivity contribution in [1.29, 1.82) is 0 Å². The third-order valence-electron chi connectivity index (χ3n) is 5.24. The van der Waals surface area contributed by atoms with Gasteiger partial charge in [-0.15, -0.1) is 0 Å². The van der Waals surface area contributed by atoms with E-state index in [1.54, 1.807) is 32.0 Å². The number of aromatic nitrogens is 1. The van der Waals surface area contributed by atoms with Gasteiger partial charge in [0, 0.05) is 17.1 Å². The first-order valence-corrected chi connectivity index (χ1v) is 10.4. The maximum absolute atomic E-state index is 13.5. The summed E-state index contributed by atoms with van der Waals surface area (Å²) in [4.78, 5) is 14.1. The number of fused-ring (bicyclic) bond motifs is 1. The Morgan fingerprint density at radius 1 is 1.12 bits per heavy atom. The van der Waals surface area contributed by atoms with E-state index in [9.17, 15) is 18.0 Å².